The van der Waals surface area contributed by atoms with E-state index in [1.165, 1.54) is 13.8 Å². The number of nitrogens with one attached hydrogen (secondary N) is 1. The van der Waals surface area contributed by atoms with Crippen molar-refractivity contribution in [1.29, 1.82) is 0 Å². The van der Waals surface area contributed by atoms with Gasteiger partial charge in [-0.25, -0.2) is 17.2 Å². The molecule has 108 valence electrons. The number of halogens is 3. The molecule has 0 amide bonds. The van der Waals surface area contributed by atoms with Gasteiger partial charge in [0, 0.05) is 6.07 Å². The SMILES string of the molecule is Cc1noc(C)c1S(=O)(=O)Nc1cc(F)c(Br)cc1F. The summed E-state index contributed by atoms with van der Waals surface area (Å²) in [4.78, 5) is -0.194. The molecule has 2 aromatic rings. The van der Waals surface area contributed by atoms with E-state index in [0.29, 0.717) is 0 Å². The van der Waals surface area contributed by atoms with Crippen molar-refractivity contribution in [2.24, 2.45) is 0 Å². The molecule has 0 bridgehead atoms. The van der Waals surface area contributed by atoms with E-state index in [0.717, 1.165) is 12.1 Å². The Hall–Kier alpha value is -1.48. The van der Waals surface area contributed by atoms with Gasteiger partial charge in [-0.15, -0.1) is 0 Å². The Kier molecular flexibility index (Phi) is 3.83. The molecule has 20 heavy (non-hydrogen) atoms. The third-order valence-corrected chi connectivity index (χ3v) is 4.71. The molecule has 1 aromatic heterocycles. The second-order valence-corrected chi connectivity index (χ2v) is 6.48. The zero-order valence-corrected chi connectivity index (χ0v) is 12.8. The van der Waals surface area contributed by atoms with Gasteiger partial charge >= 0.3 is 0 Å². The molecular formula is C11H9BrF2N2O3S. The highest BCUT2D eigenvalue weighted by Crippen LogP contribution is 2.27. The van der Waals surface area contributed by atoms with Crippen LogP contribution in [-0.2, 0) is 10.0 Å². The average molecular weight is 367 g/mol. The maximum absolute atomic E-state index is 13.6. The molecule has 1 heterocycles. The second kappa shape index (κ2) is 5.13. The van der Waals surface area contributed by atoms with Gasteiger partial charge < -0.3 is 4.52 Å². The Balaban J connectivity index is 2.47. The van der Waals surface area contributed by atoms with Crippen LogP contribution in [0.15, 0.2) is 26.0 Å². The summed E-state index contributed by atoms with van der Waals surface area (Å²) in [5.41, 5.74) is -0.362. The van der Waals surface area contributed by atoms with Crippen LogP contribution in [0.3, 0.4) is 0 Å². The summed E-state index contributed by atoms with van der Waals surface area (Å²) in [6, 6.07) is 1.58. The summed E-state index contributed by atoms with van der Waals surface area (Å²) in [5.74, 6) is -1.63. The van der Waals surface area contributed by atoms with Crippen molar-refractivity contribution in [3.8, 4) is 0 Å². The molecule has 0 aliphatic carbocycles. The monoisotopic (exact) mass is 366 g/mol. The molecule has 0 atom stereocenters. The fraction of sp³-hybridized carbons (Fsp3) is 0.182. The molecule has 1 N–H and O–H groups in total. The first kappa shape index (κ1) is 14.9. The van der Waals surface area contributed by atoms with Crippen LogP contribution in [0.2, 0.25) is 0 Å². The molecule has 0 saturated carbocycles. The van der Waals surface area contributed by atoms with E-state index in [1.54, 1.807) is 0 Å². The lowest BCUT2D eigenvalue weighted by molar-refractivity contribution is 0.390. The van der Waals surface area contributed by atoms with Crippen LogP contribution >= 0.6 is 15.9 Å². The minimum absolute atomic E-state index is 0.0630. The van der Waals surface area contributed by atoms with Gasteiger partial charge in [0.25, 0.3) is 10.0 Å². The number of hydrogen-bond donors (Lipinski definition) is 1. The van der Waals surface area contributed by atoms with Crippen LogP contribution in [-0.4, -0.2) is 13.6 Å². The number of sulfonamides is 1. The van der Waals surface area contributed by atoms with Gasteiger partial charge in [0.15, 0.2) is 10.7 Å². The third kappa shape index (κ3) is 2.68. The minimum atomic E-state index is -4.11. The fourth-order valence-corrected chi connectivity index (χ4v) is 3.36. The lowest BCUT2D eigenvalue weighted by Crippen LogP contribution is -2.15. The van der Waals surface area contributed by atoms with E-state index in [4.69, 9.17) is 4.52 Å². The average Bonchev–Trinajstić information content (AvgIpc) is 2.66. The number of benzene rings is 1. The van der Waals surface area contributed by atoms with Crippen molar-refractivity contribution in [1.82, 2.24) is 5.16 Å². The predicted molar refractivity (Wildman–Crippen MR) is 70.8 cm³/mol. The van der Waals surface area contributed by atoms with Gasteiger partial charge in [0.1, 0.15) is 17.3 Å². The Morgan fingerprint density at radius 2 is 1.90 bits per heavy atom. The zero-order valence-electron chi connectivity index (χ0n) is 10.4. The first-order valence-corrected chi connectivity index (χ1v) is 7.60. The molecule has 2 rings (SSSR count). The maximum Gasteiger partial charge on any atom is 0.267 e. The molecule has 5 nitrogen and oxygen atoms in total. The summed E-state index contributed by atoms with van der Waals surface area (Å²) in [5, 5.41) is 3.51. The van der Waals surface area contributed by atoms with Crippen LogP contribution in [0.1, 0.15) is 11.5 Å². The Morgan fingerprint density at radius 1 is 1.25 bits per heavy atom. The zero-order chi connectivity index (χ0) is 15.1. The van der Waals surface area contributed by atoms with Gasteiger partial charge in [0.05, 0.1) is 10.2 Å². The van der Waals surface area contributed by atoms with Gasteiger partial charge in [-0.05, 0) is 35.8 Å². The number of hydrogen-bond acceptors (Lipinski definition) is 4. The molecular weight excluding hydrogens is 358 g/mol. The van der Waals surface area contributed by atoms with Gasteiger partial charge in [0.2, 0.25) is 0 Å². The fourth-order valence-electron chi connectivity index (χ4n) is 1.65. The van der Waals surface area contributed by atoms with Gasteiger partial charge in [-0.1, -0.05) is 5.16 Å². The van der Waals surface area contributed by atoms with Crippen molar-refractivity contribution in [2.45, 2.75) is 18.7 Å². The number of aryl methyl sites for hydroxylation is 2. The van der Waals surface area contributed by atoms with E-state index in [9.17, 15) is 17.2 Å². The molecule has 0 fully saturated rings. The van der Waals surface area contributed by atoms with Crippen LogP contribution in [0.5, 0.6) is 0 Å². The number of nitrogens with zero attached hydrogens (tertiary/aromatic N) is 1. The molecule has 0 spiro atoms. The molecule has 1 aromatic carbocycles. The molecule has 0 saturated heterocycles. The highest BCUT2D eigenvalue weighted by atomic mass is 79.9. The van der Waals surface area contributed by atoms with Crippen LogP contribution in [0.4, 0.5) is 14.5 Å². The lowest BCUT2D eigenvalue weighted by atomic mass is 10.3. The molecule has 0 unspecified atom stereocenters. The first-order valence-electron chi connectivity index (χ1n) is 5.32. The third-order valence-electron chi connectivity index (χ3n) is 2.49. The smallest absolute Gasteiger partial charge is 0.267 e. The van der Waals surface area contributed by atoms with Crippen molar-refractivity contribution in [2.75, 3.05) is 4.72 Å². The highest BCUT2D eigenvalue weighted by Gasteiger charge is 2.25. The summed E-state index contributed by atoms with van der Waals surface area (Å²) >= 11 is 2.80. The van der Waals surface area contributed by atoms with Crippen molar-refractivity contribution >= 4 is 31.6 Å². The molecule has 0 aliphatic rings. The minimum Gasteiger partial charge on any atom is -0.360 e. The largest absolute Gasteiger partial charge is 0.360 e. The maximum atomic E-state index is 13.6. The lowest BCUT2D eigenvalue weighted by Gasteiger charge is -2.09. The van der Waals surface area contributed by atoms with E-state index < -0.39 is 27.3 Å². The Morgan fingerprint density at radius 3 is 2.45 bits per heavy atom. The standard InChI is InChI=1S/C11H9BrF2N2O3S/c1-5-11(6(2)19-15-5)20(17,18)16-10-4-8(13)7(12)3-9(10)14/h3-4,16H,1-2H3. The predicted octanol–water partition coefficient (Wildman–Crippen LogP) is 3.13. The number of anilines is 1. The van der Waals surface area contributed by atoms with E-state index >= 15 is 0 Å². The molecule has 9 heteroatoms. The number of aromatic nitrogens is 1. The van der Waals surface area contributed by atoms with Crippen molar-refractivity contribution in [3.63, 3.8) is 0 Å². The van der Waals surface area contributed by atoms with Crippen LogP contribution in [0, 0.1) is 25.5 Å². The quantitative estimate of drug-likeness (QED) is 0.847. The Labute approximate surface area is 122 Å². The summed E-state index contributed by atoms with van der Waals surface area (Å²) in [7, 11) is -4.11. The van der Waals surface area contributed by atoms with E-state index in [1.807, 2.05) is 4.72 Å². The Bertz CT molecular complexity index is 755. The highest BCUT2D eigenvalue weighted by molar-refractivity contribution is 9.10. The van der Waals surface area contributed by atoms with Crippen LogP contribution in [0.25, 0.3) is 0 Å². The van der Waals surface area contributed by atoms with Crippen LogP contribution < -0.4 is 4.72 Å². The number of rotatable bonds is 3. The molecule has 0 aliphatic heterocycles. The van der Waals surface area contributed by atoms with Crippen molar-refractivity contribution in [3.05, 3.63) is 39.7 Å². The summed E-state index contributed by atoms with van der Waals surface area (Å²) in [6.07, 6.45) is 0. The van der Waals surface area contributed by atoms with Gasteiger partial charge in [-0.2, -0.15) is 0 Å². The summed E-state index contributed by atoms with van der Waals surface area (Å²) < 4.78 is 57.9. The van der Waals surface area contributed by atoms with Crippen molar-refractivity contribution < 1.29 is 21.7 Å². The van der Waals surface area contributed by atoms with E-state index in [-0.39, 0.29) is 20.8 Å². The summed E-state index contributed by atoms with van der Waals surface area (Å²) in [6.45, 7) is 2.84. The second-order valence-electron chi connectivity index (χ2n) is 4.00. The van der Waals surface area contributed by atoms with E-state index in [2.05, 4.69) is 21.1 Å². The van der Waals surface area contributed by atoms with Gasteiger partial charge in [-0.3, -0.25) is 4.72 Å². The first-order chi connectivity index (χ1) is 9.22. The normalized spacial score (nSPS) is 11.7. The topological polar surface area (TPSA) is 72.2 Å². The molecule has 0 radical (unpaired) electrons.